The fraction of sp³-hybridized carbons (Fsp3) is 0.571. The molecule has 0 aromatic carbocycles. The van der Waals surface area contributed by atoms with Gasteiger partial charge in [0.1, 0.15) is 18.8 Å². The summed E-state index contributed by atoms with van der Waals surface area (Å²) in [7, 11) is 0. The maximum atomic E-state index is 11.0. The molecule has 20 heavy (non-hydrogen) atoms. The topological polar surface area (TPSA) is 71.1 Å². The highest BCUT2D eigenvalue weighted by Gasteiger charge is 2.30. The average Bonchev–Trinajstić information content (AvgIpc) is 2.38. The number of carbonyl (C=O) groups excluding carboxylic acids is 2. The van der Waals surface area contributed by atoms with Crippen LogP contribution < -0.4 is 0 Å². The zero-order valence-corrected chi connectivity index (χ0v) is 11.5. The third-order valence-electron chi connectivity index (χ3n) is 2.41. The molecular formula is C14H18O6. The highest BCUT2D eigenvalue weighted by atomic mass is 16.7. The maximum Gasteiger partial charge on any atom is 0.303 e. The molecule has 1 unspecified atom stereocenters. The van der Waals surface area contributed by atoms with Crippen LogP contribution in [0.1, 0.15) is 20.3 Å². The quantitative estimate of drug-likeness (QED) is 0.311. The number of hydrogen-bond donors (Lipinski definition) is 0. The van der Waals surface area contributed by atoms with Crippen molar-refractivity contribution in [1.82, 2.24) is 0 Å². The number of terminal acetylenes is 1. The molecule has 0 spiro atoms. The normalized spacial score (nSPS) is 24.8. The third-order valence-corrected chi connectivity index (χ3v) is 2.41. The molecule has 1 aliphatic heterocycles. The summed E-state index contributed by atoms with van der Waals surface area (Å²) in [6.45, 7) is 2.92. The summed E-state index contributed by atoms with van der Waals surface area (Å²) in [5.74, 6) is 1.57. The minimum atomic E-state index is -0.612. The first-order valence-electron chi connectivity index (χ1n) is 6.22. The second-order valence-corrected chi connectivity index (χ2v) is 4.13. The van der Waals surface area contributed by atoms with Gasteiger partial charge in [0.25, 0.3) is 0 Å². The average molecular weight is 282 g/mol. The Hall–Kier alpha value is -1.84. The third kappa shape index (κ3) is 5.87. The zero-order chi connectivity index (χ0) is 15.0. The van der Waals surface area contributed by atoms with Gasteiger partial charge in [-0.2, -0.15) is 0 Å². The maximum absolute atomic E-state index is 11.0. The number of carbonyl (C=O) groups is 2. The summed E-state index contributed by atoms with van der Waals surface area (Å²) in [5.41, 5.74) is 0. The Labute approximate surface area is 118 Å². The second kappa shape index (κ2) is 8.35. The molecule has 3 atom stereocenters. The SMILES string of the molecule is C#CCCOC1C=C[C@H](OC(C)=O)[C@@H](COC(C)=O)O1. The van der Waals surface area contributed by atoms with Crippen molar-refractivity contribution in [2.24, 2.45) is 0 Å². The van der Waals surface area contributed by atoms with Crippen molar-refractivity contribution < 1.29 is 28.5 Å². The highest BCUT2D eigenvalue weighted by molar-refractivity contribution is 5.66. The van der Waals surface area contributed by atoms with E-state index in [0.29, 0.717) is 13.0 Å². The molecule has 0 fully saturated rings. The van der Waals surface area contributed by atoms with Crippen LogP contribution in [0.25, 0.3) is 0 Å². The number of ether oxygens (including phenoxy) is 4. The van der Waals surface area contributed by atoms with Crippen LogP contribution in [0.3, 0.4) is 0 Å². The Balaban J connectivity index is 2.59. The monoisotopic (exact) mass is 282 g/mol. The minimum Gasteiger partial charge on any atom is -0.463 e. The first kappa shape index (κ1) is 16.2. The van der Waals surface area contributed by atoms with Crippen molar-refractivity contribution in [2.45, 2.75) is 38.8 Å². The van der Waals surface area contributed by atoms with Crippen LogP contribution in [-0.4, -0.2) is 43.7 Å². The van der Waals surface area contributed by atoms with Gasteiger partial charge in [-0.1, -0.05) is 0 Å². The molecule has 0 bridgehead atoms. The minimum absolute atomic E-state index is 0.0212. The van der Waals surface area contributed by atoms with Crippen molar-refractivity contribution in [3.63, 3.8) is 0 Å². The van der Waals surface area contributed by atoms with Gasteiger partial charge in [0.2, 0.25) is 0 Å². The summed E-state index contributed by atoms with van der Waals surface area (Å²) in [5, 5.41) is 0. The smallest absolute Gasteiger partial charge is 0.303 e. The highest BCUT2D eigenvalue weighted by Crippen LogP contribution is 2.18. The number of rotatable bonds is 6. The molecule has 0 amide bonds. The summed E-state index contributed by atoms with van der Waals surface area (Å²) >= 11 is 0. The van der Waals surface area contributed by atoms with Gasteiger partial charge < -0.3 is 18.9 Å². The van der Waals surface area contributed by atoms with Crippen LogP contribution in [0.4, 0.5) is 0 Å². The predicted octanol–water partition coefficient (Wildman–Crippen LogP) is 0.802. The second-order valence-electron chi connectivity index (χ2n) is 4.13. The molecule has 6 nitrogen and oxygen atoms in total. The van der Waals surface area contributed by atoms with E-state index in [9.17, 15) is 9.59 Å². The number of hydrogen-bond acceptors (Lipinski definition) is 6. The largest absolute Gasteiger partial charge is 0.463 e. The standard InChI is InChI=1S/C14H18O6/c1-4-5-8-17-14-7-6-12(19-11(3)16)13(20-14)9-18-10(2)15/h1,6-7,12-14H,5,8-9H2,2-3H3/t12-,13+,14?/m0/s1. The molecule has 1 aliphatic rings. The van der Waals surface area contributed by atoms with Gasteiger partial charge in [-0.15, -0.1) is 12.3 Å². The lowest BCUT2D eigenvalue weighted by atomic mass is 10.1. The predicted molar refractivity (Wildman–Crippen MR) is 69.4 cm³/mol. The molecule has 0 aromatic rings. The van der Waals surface area contributed by atoms with E-state index in [0.717, 1.165) is 0 Å². The van der Waals surface area contributed by atoms with Gasteiger partial charge in [0, 0.05) is 20.3 Å². The Bertz CT molecular complexity index is 408. The van der Waals surface area contributed by atoms with Crippen molar-refractivity contribution in [1.29, 1.82) is 0 Å². The lowest BCUT2D eigenvalue weighted by molar-refractivity contribution is -0.196. The van der Waals surface area contributed by atoms with Crippen molar-refractivity contribution in [3.05, 3.63) is 12.2 Å². The summed E-state index contributed by atoms with van der Waals surface area (Å²) in [6, 6.07) is 0. The first-order valence-corrected chi connectivity index (χ1v) is 6.22. The first-order chi connectivity index (χ1) is 9.52. The van der Waals surface area contributed by atoms with E-state index in [-0.39, 0.29) is 6.61 Å². The van der Waals surface area contributed by atoms with E-state index in [1.807, 2.05) is 0 Å². The van der Waals surface area contributed by atoms with Crippen molar-refractivity contribution in [3.8, 4) is 12.3 Å². The fourth-order valence-electron chi connectivity index (χ4n) is 1.59. The summed E-state index contributed by atoms with van der Waals surface area (Å²) in [4.78, 5) is 21.9. The Morgan fingerprint density at radius 3 is 2.65 bits per heavy atom. The van der Waals surface area contributed by atoms with Gasteiger partial charge in [-0.05, 0) is 12.2 Å². The molecule has 6 heteroatoms. The molecule has 0 aromatic heterocycles. The van der Waals surface area contributed by atoms with Gasteiger partial charge in [-0.3, -0.25) is 9.59 Å². The Morgan fingerprint density at radius 2 is 2.05 bits per heavy atom. The van der Waals surface area contributed by atoms with Crippen molar-refractivity contribution >= 4 is 11.9 Å². The summed E-state index contributed by atoms with van der Waals surface area (Å²) in [6.07, 6.45) is 7.06. The molecular weight excluding hydrogens is 264 g/mol. The van der Waals surface area contributed by atoms with E-state index in [1.54, 1.807) is 12.2 Å². The van der Waals surface area contributed by atoms with E-state index in [4.69, 9.17) is 25.4 Å². The Kier molecular flexibility index (Phi) is 6.77. The van der Waals surface area contributed by atoms with Crippen LogP contribution in [0.15, 0.2) is 12.2 Å². The zero-order valence-electron chi connectivity index (χ0n) is 11.5. The van der Waals surface area contributed by atoms with Crippen LogP contribution in [0, 0.1) is 12.3 Å². The van der Waals surface area contributed by atoms with Crippen LogP contribution in [0.2, 0.25) is 0 Å². The lowest BCUT2D eigenvalue weighted by Crippen LogP contribution is -2.42. The molecule has 110 valence electrons. The molecule has 0 saturated carbocycles. The van der Waals surface area contributed by atoms with Crippen LogP contribution >= 0.6 is 0 Å². The Morgan fingerprint density at radius 1 is 1.30 bits per heavy atom. The van der Waals surface area contributed by atoms with Gasteiger partial charge >= 0.3 is 11.9 Å². The van der Waals surface area contributed by atoms with Crippen LogP contribution in [0.5, 0.6) is 0 Å². The molecule has 0 radical (unpaired) electrons. The number of esters is 2. The fourth-order valence-corrected chi connectivity index (χ4v) is 1.59. The molecule has 1 heterocycles. The van der Waals surface area contributed by atoms with Crippen LogP contribution in [-0.2, 0) is 28.5 Å². The van der Waals surface area contributed by atoms with Gasteiger partial charge in [-0.25, -0.2) is 0 Å². The van der Waals surface area contributed by atoms with E-state index in [1.165, 1.54) is 13.8 Å². The van der Waals surface area contributed by atoms with Gasteiger partial charge in [0.05, 0.1) is 6.61 Å². The summed E-state index contributed by atoms with van der Waals surface area (Å²) < 4.78 is 20.9. The molecule has 0 aliphatic carbocycles. The van der Waals surface area contributed by atoms with E-state index < -0.39 is 30.4 Å². The lowest BCUT2D eigenvalue weighted by Gasteiger charge is -2.31. The molecule has 1 rings (SSSR count). The van der Waals surface area contributed by atoms with E-state index >= 15 is 0 Å². The van der Waals surface area contributed by atoms with E-state index in [2.05, 4.69) is 5.92 Å². The van der Waals surface area contributed by atoms with Crippen molar-refractivity contribution in [2.75, 3.05) is 13.2 Å². The molecule has 0 N–H and O–H groups in total. The van der Waals surface area contributed by atoms with Gasteiger partial charge in [0.15, 0.2) is 6.29 Å². The molecule has 0 saturated heterocycles.